The molecule has 1 aromatic heterocycles. The zero-order valence-corrected chi connectivity index (χ0v) is 15.8. The van der Waals surface area contributed by atoms with Gasteiger partial charge in [0.25, 0.3) is 0 Å². The minimum absolute atomic E-state index is 0.169. The van der Waals surface area contributed by atoms with E-state index < -0.39 is 5.41 Å². The van der Waals surface area contributed by atoms with Gasteiger partial charge < -0.3 is 0 Å². The van der Waals surface area contributed by atoms with E-state index in [0.717, 1.165) is 16.5 Å². The molecule has 0 amide bonds. The van der Waals surface area contributed by atoms with E-state index in [4.69, 9.17) is 0 Å². The number of carbonyl (C=O) groups is 1. The molecule has 0 saturated carbocycles. The van der Waals surface area contributed by atoms with E-state index in [0.29, 0.717) is 24.8 Å². The van der Waals surface area contributed by atoms with Gasteiger partial charge in [-0.1, -0.05) is 61.5 Å². The van der Waals surface area contributed by atoms with Crippen molar-refractivity contribution in [3.8, 4) is 0 Å². The van der Waals surface area contributed by atoms with E-state index in [9.17, 15) is 9.18 Å². The number of rotatable bonds is 7. The van der Waals surface area contributed by atoms with Crippen LogP contribution < -0.4 is 0 Å². The van der Waals surface area contributed by atoms with Crippen LogP contribution in [0.15, 0.2) is 72.9 Å². The average molecular weight is 361 g/mol. The smallest absolute Gasteiger partial charge is 0.149 e. The molecular formula is C24H24FNO. The van der Waals surface area contributed by atoms with Gasteiger partial charge in [-0.15, -0.1) is 0 Å². The predicted molar refractivity (Wildman–Crippen MR) is 108 cm³/mol. The number of para-hydroxylation sites is 1. The Hall–Kier alpha value is -2.81. The first kappa shape index (κ1) is 19.0. The van der Waals surface area contributed by atoms with Crippen molar-refractivity contribution in [2.24, 2.45) is 5.41 Å². The number of hydrogen-bond acceptors (Lipinski definition) is 2. The third kappa shape index (κ3) is 4.48. The lowest BCUT2D eigenvalue weighted by Gasteiger charge is -2.27. The highest BCUT2D eigenvalue weighted by Gasteiger charge is 2.32. The van der Waals surface area contributed by atoms with Gasteiger partial charge in [-0.25, -0.2) is 4.39 Å². The third-order valence-corrected chi connectivity index (χ3v) is 5.00. The van der Waals surface area contributed by atoms with E-state index in [-0.39, 0.29) is 11.6 Å². The summed E-state index contributed by atoms with van der Waals surface area (Å²) >= 11 is 0. The van der Waals surface area contributed by atoms with Crippen molar-refractivity contribution in [3.05, 3.63) is 89.9 Å². The summed E-state index contributed by atoms with van der Waals surface area (Å²) in [6.45, 7) is 3.99. The van der Waals surface area contributed by atoms with Crippen LogP contribution >= 0.6 is 0 Å². The minimum Gasteiger partial charge on any atom is -0.299 e. The number of ketones is 1. The summed E-state index contributed by atoms with van der Waals surface area (Å²) in [6, 6.07) is 16.8. The van der Waals surface area contributed by atoms with Gasteiger partial charge in [0.15, 0.2) is 0 Å². The summed E-state index contributed by atoms with van der Waals surface area (Å²) in [4.78, 5) is 17.4. The number of aromatic nitrogens is 1. The Morgan fingerprint density at radius 2 is 1.89 bits per heavy atom. The molecule has 1 atom stereocenters. The van der Waals surface area contributed by atoms with Gasteiger partial charge in [0.1, 0.15) is 17.1 Å². The van der Waals surface area contributed by atoms with E-state index in [2.05, 4.69) is 23.2 Å². The molecule has 0 N–H and O–H groups in total. The SMILES string of the molecule is C/C=C\CC(C)(Cc1ccccc1)C(=O)Cc1cnc2c(F)cccc2c1. The van der Waals surface area contributed by atoms with Gasteiger partial charge in [-0.05, 0) is 43.0 Å². The van der Waals surface area contributed by atoms with E-state index in [1.807, 2.05) is 50.3 Å². The first-order valence-electron chi connectivity index (χ1n) is 9.23. The number of fused-ring (bicyclic) bond motifs is 1. The molecule has 2 nitrogen and oxygen atoms in total. The summed E-state index contributed by atoms with van der Waals surface area (Å²) in [5.74, 6) is -0.172. The predicted octanol–water partition coefficient (Wildman–Crippen LogP) is 5.70. The molecule has 0 fully saturated rings. The molecule has 2 aromatic carbocycles. The monoisotopic (exact) mass is 361 g/mol. The third-order valence-electron chi connectivity index (χ3n) is 5.00. The normalized spacial score (nSPS) is 13.7. The van der Waals surface area contributed by atoms with Crippen LogP contribution in [0, 0.1) is 11.2 Å². The molecule has 0 aliphatic rings. The van der Waals surface area contributed by atoms with Crippen molar-refractivity contribution < 1.29 is 9.18 Å². The van der Waals surface area contributed by atoms with Crippen molar-refractivity contribution >= 4 is 16.7 Å². The van der Waals surface area contributed by atoms with E-state index in [1.54, 1.807) is 12.3 Å². The quantitative estimate of drug-likeness (QED) is 0.505. The maximum absolute atomic E-state index is 13.8. The van der Waals surface area contributed by atoms with Crippen molar-refractivity contribution in [2.75, 3.05) is 0 Å². The summed E-state index contributed by atoms with van der Waals surface area (Å²) < 4.78 is 13.8. The second kappa shape index (κ2) is 8.26. The minimum atomic E-state index is -0.495. The fraction of sp³-hybridized carbons (Fsp3) is 0.250. The van der Waals surface area contributed by atoms with Crippen LogP contribution in [0.3, 0.4) is 0 Å². The average Bonchev–Trinajstić information content (AvgIpc) is 2.67. The van der Waals surface area contributed by atoms with Crippen LogP contribution in [0.1, 0.15) is 31.4 Å². The topological polar surface area (TPSA) is 30.0 Å². The molecule has 3 aromatic rings. The maximum atomic E-state index is 13.8. The molecule has 0 spiro atoms. The molecule has 3 rings (SSSR count). The second-order valence-corrected chi connectivity index (χ2v) is 7.25. The van der Waals surface area contributed by atoms with Crippen LogP contribution in [-0.4, -0.2) is 10.8 Å². The van der Waals surface area contributed by atoms with Crippen LogP contribution in [0.25, 0.3) is 10.9 Å². The lowest BCUT2D eigenvalue weighted by molar-refractivity contribution is -0.127. The number of benzene rings is 2. The van der Waals surface area contributed by atoms with Gasteiger partial charge >= 0.3 is 0 Å². The molecule has 1 unspecified atom stereocenters. The van der Waals surface area contributed by atoms with E-state index >= 15 is 0 Å². The van der Waals surface area contributed by atoms with Crippen LogP contribution in [0.2, 0.25) is 0 Å². The number of halogens is 1. The molecule has 0 saturated heterocycles. The van der Waals surface area contributed by atoms with Gasteiger partial charge in [-0.3, -0.25) is 9.78 Å². The molecule has 3 heteroatoms. The molecule has 0 bridgehead atoms. The van der Waals surface area contributed by atoms with Crippen molar-refractivity contribution in [1.82, 2.24) is 4.98 Å². The van der Waals surface area contributed by atoms with Crippen LogP contribution in [0.4, 0.5) is 4.39 Å². The Kier molecular flexibility index (Phi) is 5.80. The fourth-order valence-electron chi connectivity index (χ4n) is 3.37. The zero-order chi connectivity index (χ0) is 19.3. The second-order valence-electron chi connectivity index (χ2n) is 7.25. The van der Waals surface area contributed by atoms with Crippen molar-refractivity contribution in [1.29, 1.82) is 0 Å². The zero-order valence-electron chi connectivity index (χ0n) is 15.8. The Bertz CT molecular complexity index is 965. The standard InChI is InChI=1S/C24H24FNO/c1-3-4-13-24(2,16-18-9-6-5-7-10-18)22(27)15-19-14-20-11-8-12-21(25)23(20)26-17-19/h3-12,14,17H,13,15-16H2,1-2H3/b4-3-. The maximum Gasteiger partial charge on any atom is 0.149 e. The molecule has 1 heterocycles. The Morgan fingerprint density at radius 1 is 1.11 bits per heavy atom. The Labute approximate surface area is 159 Å². The van der Waals surface area contributed by atoms with Crippen LogP contribution in [-0.2, 0) is 17.6 Å². The lowest BCUT2D eigenvalue weighted by atomic mass is 9.75. The summed E-state index contributed by atoms with van der Waals surface area (Å²) in [5.41, 5.74) is 1.81. The highest BCUT2D eigenvalue weighted by Crippen LogP contribution is 2.30. The number of carbonyl (C=O) groups excluding carboxylic acids is 1. The highest BCUT2D eigenvalue weighted by molar-refractivity contribution is 5.88. The fourth-order valence-corrected chi connectivity index (χ4v) is 3.37. The largest absolute Gasteiger partial charge is 0.299 e. The van der Waals surface area contributed by atoms with Gasteiger partial charge in [0.05, 0.1) is 0 Å². The molecular weight excluding hydrogens is 337 g/mol. The van der Waals surface area contributed by atoms with Gasteiger partial charge in [0.2, 0.25) is 0 Å². The summed E-state index contributed by atoms with van der Waals surface area (Å²) in [7, 11) is 0. The van der Waals surface area contributed by atoms with Crippen molar-refractivity contribution in [2.45, 2.75) is 33.1 Å². The first-order chi connectivity index (χ1) is 13.0. The van der Waals surface area contributed by atoms with Gasteiger partial charge in [-0.2, -0.15) is 0 Å². The Morgan fingerprint density at radius 3 is 2.63 bits per heavy atom. The molecule has 0 aliphatic carbocycles. The van der Waals surface area contributed by atoms with Crippen molar-refractivity contribution in [3.63, 3.8) is 0 Å². The number of pyridine rings is 1. The number of Topliss-reactive ketones (excluding diaryl/α,β-unsaturated/α-hetero) is 1. The van der Waals surface area contributed by atoms with E-state index in [1.165, 1.54) is 6.07 Å². The van der Waals surface area contributed by atoms with Gasteiger partial charge in [0, 0.05) is 23.4 Å². The number of hydrogen-bond donors (Lipinski definition) is 0. The Balaban J connectivity index is 1.85. The number of allylic oxidation sites excluding steroid dienone is 2. The number of nitrogens with zero attached hydrogens (tertiary/aromatic N) is 1. The summed E-state index contributed by atoms with van der Waals surface area (Å²) in [6.07, 6.45) is 7.31. The molecule has 0 radical (unpaired) electrons. The lowest BCUT2D eigenvalue weighted by Crippen LogP contribution is -2.31. The van der Waals surface area contributed by atoms with Crippen LogP contribution in [0.5, 0.6) is 0 Å². The highest BCUT2D eigenvalue weighted by atomic mass is 19.1. The molecule has 0 aliphatic heterocycles. The first-order valence-corrected chi connectivity index (χ1v) is 9.23. The molecule has 138 valence electrons. The summed E-state index contributed by atoms with van der Waals surface area (Å²) in [5, 5.41) is 0.721. The molecule has 27 heavy (non-hydrogen) atoms.